The van der Waals surface area contributed by atoms with E-state index in [1.54, 1.807) is 31.1 Å². The molecule has 0 bridgehead atoms. The molecule has 0 saturated carbocycles. The van der Waals surface area contributed by atoms with Crippen LogP contribution in [-0.4, -0.2) is 31.1 Å². The van der Waals surface area contributed by atoms with E-state index in [2.05, 4.69) is 0 Å². The molecule has 136 valence electrons. The maximum absolute atomic E-state index is 12.9. The first-order valence-electron chi connectivity index (χ1n) is 8.71. The fourth-order valence-corrected chi connectivity index (χ4v) is 3.28. The first-order chi connectivity index (χ1) is 12.5. The predicted octanol–water partition coefficient (Wildman–Crippen LogP) is 3.36. The highest BCUT2D eigenvalue weighted by Crippen LogP contribution is 2.32. The van der Waals surface area contributed by atoms with Gasteiger partial charge in [0.1, 0.15) is 0 Å². The third-order valence-electron chi connectivity index (χ3n) is 4.58. The number of ether oxygens (including phenoxy) is 2. The lowest BCUT2D eigenvalue weighted by Crippen LogP contribution is -2.43. The van der Waals surface area contributed by atoms with E-state index in [-0.39, 0.29) is 11.9 Å². The maximum atomic E-state index is 12.9. The summed E-state index contributed by atoms with van der Waals surface area (Å²) < 4.78 is 10.5. The van der Waals surface area contributed by atoms with Crippen molar-refractivity contribution in [2.45, 2.75) is 39.0 Å². The summed E-state index contributed by atoms with van der Waals surface area (Å²) >= 11 is 0. The Labute approximate surface area is 153 Å². The smallest absolute Gasteiger partial charge is 0.338 e. The third kappa shape index (κ3) is 3.63. The molecule has 0 N–H and O–H groups in total. The molecule has 3 rings (SSSR count). The van der Waals surface area contributed by atoms with Crippen molar-refractivity contribution in [3.8, 4) is 0 Å². The molecule has 0 aliphatic carbocycles. The lowest BCUT2D eigenvalue weighted by atomic mass is 10.1. The quantitative estimate of drug-likeness (QED) is 0.774. The molecule has 0 fully saturated rings. The summed E-state index contributed by atoms with van der Waals surface area (Å²) in [6, 6.07) is 14.9. The van der Waals surface area contributed by atoms with Crippen LogP contribution in [0.2, 0.25) is 0 Å². The number of carbonyl (C=O) groups is 2. The van der Waals surface area contributed by atoms with Crippen LogP contribution in [0.15, 0.2) is 48.5 Å². The van der Waals surface area contributed by atoms with Gasteiger partial charge in [-0.3, -0.25) is 4.79 Å². The van der Waals surface area contributed by atoms with Crippen LogP contribution < -0.4 is 4.90 Å². The zero-order valence-electron chi connectivity index (χ0n) is 15.3. The highest BCUT2D eigenvalue weighted by molar-refractivity contribution is 6.00. The second kappa shape index (κ2) is 7.70. The Hall–Kier alpha value is -2.66. The van der Waals surface area contributed by atoms with Crippen LogP contribution in [0.3, 0.4) is 0 Å². The Bertz CT molecular complexity index is 800. The lowest BCUT2D eigenvalue weighted by Gasteiger charge is -2.26. The fraction of sp³-hybridized carbons (Fsp3) is 0.333. The number of carbonyl (C=O) groups excluding carboxylic acids is 2. The van der Waals surface area contributed by atoms with E-state index < -0.39 is 12.1 Å². The maximum Gasteiger partial charge on any atom is 0.338 e. The van der Waals surface area contributed by atoms with Gasteiger partial charge in [-0.05, 0) is 49.6 Å². The van der Waals surface area contributed by atoms with E-state index in [1.807, 2.05) is 43.3 Å². The number of methoxy groups -OCH3 is 1. The van der Waals surface area contributed by atoms with Crippen molar-refractivity contribution < 1.29 is 19.1 Å². The van der Waals surface area contributed by atoms with Crippen molar-refractivity contribution in [1.29, 1.82) is 0 Å². The molecule has 0 spiro atoms. The summed E-state index contributed by atoms with van der Waals surface area (Å²) in [7, 11) is 1.62. The molecule has 1 heterocycles. The molecule has 2 atom stereocenters. The number of amides is 1. The number of benzene rings is 2. The zero-order chi connectivity index (χ0) is 18.7. The molecule has 26 heavy (non-hydrogen) atoms. The minimum Gasteiger partial charge on any atom is -0.449 e. The number of hydrogen-bond acceptors (Lipinski definition) is 4. The first kappa shape index (κ1) is 18.1. The van der Waals surface area contributed by atoms with Gasteiger partial charge in [-0.15, -0.1) is 0 Å². The van der Waals surface area contributed by atoms with Gasteiger partial charge in [-0.1, -0.05) is 30.3 Å². The van der Waals surface area contributed by atoms with Crippen molar-refractivity contribution >= 4 is 17.6 Å². The number of esters is 1. The van der Waals surface area contributed by atoms with Crippen LogP contribution in [0, 0.1) is 0 Å². The van der Waals surface area contributed by atoms with Gasteiger partial charge in [-0.25, -0.2) is 4.79 Å². The minimum atomic E-state index is -0.852. The van der Waals surface area contributed by atoms with Gasteiger partial charge in [0, 0.05) is 18.8 Å². The van der Waals surface area contributed by atoms with Crippen molar-refractivity contribution in [2.24, 2.45) is 0 Å². The van der Waals surface area contributed by atoms with E-state index in [9.17, 15) is 9.59 Å². The number of nitrogens with zero attached hydrogens (tertiary/aromatic N) is 1. The normalized spacial score (nSPS) is 16.9. The first-order valence-corrected chi connectivity index (χ1v) is 8.71. The number of para-hydroxylation sites is 1. The van der Waals surface area contributed by atoms with E-state index >= 15 is 0 Å². The Kier molecular flexibility index (Phi) is 5.38. The average molecular weight is 353 g/mol. The SMILES string of the molecule is COCc1ccc(C(=O)O[C@H](C)C(=O)N2c3ccccc3C[C@@H]2C)cc1. The second-order valence-corrected chi connectivity index (χ2v) is 6.57. The molecule has 0 saturated heterocycles. The summed E-state index contributed by atoms with van der Waals surface area (Å²) in [5.41, 5.74) is 3.42. The second-order valence-electron chi connectivity index (χ2n) is 6.57. The molecule has 0 unspecified atom stereocenters. The van der Waals surface area contributed by atoms with E-state index in [0.29, 0.717) is 12.2 Å². The number of hydrogen-bond donors (Lipinski definition) is 0. The van der Waals surface area contributed by atoms with Gasteiger partial charge in [-0.2, -0.15) is 0 Å². The van der Waals surface area contributed by atoms with Gasteiger partial charge in [0.2, 0.25) is 0 Å². The number of rotatable bonds is 5. The van der Waals surface area contributed by atoms with E-state index in [4.69, 9.17) is 9.47 Å². The van der Waals surface area contributed by atoms with Crippen LogP contribution in [0.4, 0.5) is 5.69 Å². The van der Waals surface area contributed by atoms with Crippen LogP contribution in [0.5, 0.6) is 0 Å². The van der Waals surface area contributed by atoms with Gasteiger partial charge in [0.15, 0.2) is 6.10 Å². The topological polar surface area (TPSA) is 55.8 Å². The Balaban J connectivity index is 1.68. The zero-order valence-corrected chi connectivity index (χ0v) is 15.3. The van der Waals surface area contributed by atoms with Crippen LogP contribution in [-0.2, 0) is 27.3 Å². The molecular formula is C21H23NO4. The summed E-state index contributed by atoms with van der Waals surface area (Å²) in [5, 5.41) is 0. The third-order valence-corrected chi connectivity index (χ3v) is 4.58. The highest BCUT2D eigenvalue weighted by Gasteiger charge is 2.34. The number of fused-ring (bicyclic) bond motifs is 1. The molecule has 5 nitrogen and oxygen atoms in total. The Morgan fingerprint density at radius 1 is 1.15 bits per heavy atom. The number of anilines is 1. The molecular weight excluding hydrogens is 330 g/mol. The summed E-state index contributed by atoms with van der Waals surface area (Å²) in [6.45, 7) is 4.10. The van der Waals surface area contributed by atoms with Crippen molar-refractivity contribution in [2.75, 3.05) is 12.0 Å². The molecule has 1 aliphatic rings. The van der Waals surface area contributed by atoms with Gasteiger partial charge < -0.3 is 14.4 Å². The van der Waals surface area contributed by atoms with Crippen molar-refractivity contribution in [3.63, 3.8) is 0 Å². The van der Waals surface area contributed by atoms with Crippen molar-refractivity contribution in [3.05, 3.63) is 65.2 Å². The summed E-state index contributed by atoms with van der Waals surface area (Å²) in [5.74, 6) is -0.707. The summed E-state index contributed by atoms with van der Waals surface area (Å²) in [4.78, 5) is 26.9. The van der Waals surface area contributed by atoms with E-state index in [1.165, 1.54) is 0 Å². The van der Waals surface area contributed by atoms with Gasteiger partial charge in [0.05, 0.1) is 12.2 Å². The summed E-state index contributed by atoms with van der Waals surface area (Å²) in [6.07, 6.45) is -0.0430. The fourth-order valence-electron chi connectivity index (χ4n) is 3.28. The molecule has 1 amide bonds. The van der Waals surface area contributed by atoms with Gasteiger partial charge in [0.25, 0.3) is 5.91 Å². The van der Waals surface area contributed by atoms with Crippen molar-refractivity contribution in [1.82, 2.24) is 0 Å². The molecule has 0 radical (unpaired) electrons. The average Bonchev–Trinajstić information content (AvgIpc) is 2.97. The molecule has 5 heteroatoms. The lowest BCUT2D eigenvalue weighted by molar-refractivity contribution is -0.126. The van der Waals surface area contributed by atoms with Crippen LogP contribution >= 0.6 is 0 Å². The van der Waals surface area contributed by atoms with Crippen LogP contribution in [0.1, 0.15) is 35.3 Å². The molecule has 1 aliphatic heterocycles. The molecule has 2 aromatic rings. The standard InChI is InChI=1S/C21H23NO4/c1-14-12-18-6-4-5-7-19(18)22(14)20(23)15(2)26-21(24)17-10-8-16(9-11-17)13-25-3/h4-11,14-15H,12-13H2,1-3H3/t14-,15+/m0/s1. The largest absolute Gasteiger partial charge is 0.449 e. The van der Waals surface area contributed by atoms with E-state index in [0.717, 1.165) is 23.2 Å². The predicted molar refractivity (Wildman–Crippen MR) is 99.1 cm³/mol. The Morgan fingerprint density at radius 3 is 2.54 bits per heavy atom. The van der Waals surface area contributed by atoms with Crippen LogP contribution in [0.25, 0.3) is 0 Å². The minimum absolute atomic E-state index is 0.0504. The molecule has 2 aromatic carbocycles. The monoisotopic (exact) mass is 353 g/mol. The molecule has 0 aromatic heterocycles. The highest BCUT2D eigenvalue weighted by atomic mass is 16.5. The Morgan fingerprint density at radius 2 is 1.85 bits per heavy atom. The van der Waals surface area contributed by atoms with Gasteiger partial charge >= 0.3 is 5.97 Å².